The maximum Gasteiger partial charge on any atom is 0 e. The molecule has 0 saturated carbocycles. The van der Waals surface area contributed by atoms with Crippen molar-refractivity contribution in [3.8, 4) is 0 Å². The van der Waals surface area contributed by atoms with Crippen LogP contribution in [0.25, 0.3) is 0 Å². The zero-order chi connectivity index (χ0) is 24.2. The number of rotatable bonds is 4. The Kier molecular flexibility index (Phi) is 1430. The van der Waals surface area contributed by atoms with E-state index >= 15 is 0 Å². The SMILES string of the molecule is C[CH2][Ge][CH2]C.C[CH2][Ge][CH2]C.[C-]#[O+].[C-]#[O+].[C-]#[O+].[C-]#[O+].[C-]#[O+].[C-]#[O+].[C-]#[O+].[C-]#[O+].[Fe].[Fe]. The largest absolute Gasteiger partial charge is 0 e. The third-order valence-corrected chi connectivity index (χ3v) is 5.20. The van der Waals surface area contributed by atoms with Gasteiger partial charge in [-0.3, -0.25) is 0 Å². The van der Waals surface area contributed by atoms with Crippen LogP contribution >= 0.6 is 0 Å². The van der Waals surface area contributed by atoms with Gasteiger partial charge in [0.15, 0.2) is 0 Å². The summed E-state index contributed by atoms with van der Waals surface area (Å²) in [5, 5.41) is 5.88. The summed E-state index contributed by atoms with van der Waals surface area (Å²) in [5.41, 5.74) is 0. The summed E-state index contributed by atoms with van der Waals surface area (Å²) in [6.45, 7) is 45.1. The predicted molar refractivity (Wildman–Crippen MR) is 84.9 cm³/mol. The fraction of sp³-hybridized carbons (Fsp3) is 0.500. The molecule has 4 radical (unpaired) electrons. The summed E-state index contributed by atoms with van der Waals surface area (Å²) in [5.74, 6) is 0. The van der Waals surface area contributed by atoms with Gasteiger partial charge in [-0.05, 0) is 0 Å². The molecule has 156 valence electrons. The molecule has 8 nitrogen and oxygen atoms in total. The van der Waals surface area contributed by atoms with Gasteiger partial charge in [-0.1, -0.05) is 0 Å². The second-order valence-electron chi connectivity index (χ2n) is 1.91. The van der Waals surface area contributed by atoms with Crippen LogP contribution in [0.5, 0.6) is 0 Å². The van der Waals surface area contributed by atoms with Crippen molar-refractivity contribution in [1.82, 2.24) is 0 Å². The molecule has 0 fully saturated rings. The van der Waals surface area contributed by atoms with Gasteiger partial charge < -0.3 is 0 Å². The Labute approximate surface area is 203 Å². The van der Waals surface area contributed by atoms with Gasteiger partial charge in [-0.15, -0.1) is 0 Å². The van der Waals surface area contributed by atoms with E-state index in [9.17, 15) is 0 Å². The molecule has 0 spiro atoms. The molecule has 0 aliphatic heterocycles. The van der Waals surface area contributed by atoms with Gasteiger partial charge >= 0.3 is 170 Å². The molecule has 0 rings (SSSR count). The molecule has 0 atom stereocenters. The van der Waals surface area contributed by atoms with E-state index in [0.29, 0.717) is 30.9 Å². The third kappa shape index (κ3) is 999. The molecule has 0 aromatic carbocycles. The minimum atomic E-state index is 0. The van der Waals surface area contributed by atoms with Crippen LogP contribution in [0.3, 0.4) is 0 Å². The Morgan fingerprint density at radius 3 is 0.429 bits per heavy atom. The summed E-state index contributed by atoms with van der Waals surface area (Å²) in [7, 11) is 0. The molecule has 0 heterocycles. The summed E-state index contributed by atoms with van der Waals surface area (Å²) >= 11 is 1.06. The second-order valence-corrected chi connectivity index (χ2v) is 9.95. The average molecular weight is 597 g/mol. The van der Waals surface area contributed by atoms with Gasteiger partial charge in [0.25, 0.3) is 0 Å². The molecule has 0 aliphatic carbocycles. The van der Waals surface area contributed by atoms with Crippen molar-refractivity contribution in [3.05, 3.63) is 53.2 Å². The first-order valence-corrected chi connectivity index (χ1v) is 11.8. The van der Waals surface area contributed by atoms with E-state index in [1.165, 1.54) is 21.0 Å². The van der Waals surface area contributed by atoms with Crippen LogP contribution < -0.4 is 0 Å². The van der Waals surface area contributed by atoms with Crippen LogP contribution in [0.15, 0.2) is 0 Å². The first-order valence-electron chi connectivity index (χ1n) is 5.88. The molecule has 0 aromatic rings. The molecule has 28 heavy (non-hydrogen) atoms. The molecule has 0 N–H and O–H groups in total. The van der Waals surface area contributed by atoms with Crippen LogP contribution in [0, 0.1) is 53.2 Å². The second kappa shape index (κ2) is 502. The normalized spacial score (nSPS) is 3.57. The standard InChI is InChI=1S/2C4H10Ge.8CO.2Fe/c2*1-3-5-4-2;8*1-2;;/h2*3-4H2,1-2H3;;;;;;;;;;. The minimum absolute atomic E-state index is 0. The monoisotopic (exact) mass is 600 g/mol. The van der Waals surface area contributed by atoms with Crippen molar-refractivity contribution in [3.63, 3.8) is 0 Å². The third-order valence-electron chi connectivity index (χ3n) is 1.000. The Morgan fingerprint density at radius 1 is 0.357 bits per heavy atom. The first-order chi connectivity index (χ1) is 12.8. The van der Waals surface area contributed by atoms with E-state index in [-0.39, 0.29) is 34.1 Å². The Balaban J connectivity index is -0.0000000105. The van der Waals surface area contributed by atoms with Gasteiger partial charge in [0.2, 0.25) is 0 Å². The van der Waals surface area contributed by atoms with Crippen molar-refractivity contribution in [2.24, 2.45) is 0 Å². The first kappa shape index (κ1) is 79.7. The molecular formula is C16H20Fe2Ge2O8. The smallest absolute Gasteiger partial charge is 0 e. The summed E-state index contributed by atoms with van der Waals surface area (Å²) in [4.78, 5) is 0. The number of hydrogen-bond acceptors (Lipinski definition) is 0. The van der Waals surface area contributed by atoms with Crippen molar-refractivity contribution in [2.45, 2.75) is 48.7 Å². The van der Waals surface area contributed by atoms with Crippen LogP contribution in [-0.4, -0.2) is 30.9 Å². The number of hydrogen-bond donors (Lipinski definition) is 0. The maximum atomic E-state index is 7.50. The van der Waals surface area contributed by atoms with Gasteiger partial charge in [-0.2, -0.15) is 0 Å². The zero-order valence-corrected chi connectivity index (χ0v) is 22.2. The van der Waals surface area contributed by atoms with Crippen LogP contribution in [0.1, 0.15) is 27.7 Å². The van der Waals surface area contributed by atoms with Crippen LogP contribution in [-0.2, 0) is 71.4 Å². The Bertz CT molecular complexity index is 217. The Hall–Kier alpha value is 0.0447. The molecular weight excluding hydrogens is 577 g/mol. The summed E-state index contributed by atoms with van der Waals surface area (Å²) in [6.07, 6.45) is 0. The maximum absolute atomic E-state index is 7.50. The molecule has 0 saturated heterocycles. The molecule has 12 heteroatoms. The van der Waals surface area contributed by atoms with Gasteiger partial charge in [0.1, 0.15) is 0 Å². The minimum Gasteiger partial charge on any atom is 0 e. The van der Waals surface area contributed by atoms with Crippen molar-refractivity contribution in [2.75, 3.05) is 0 Å². The zero-order valence-electron chi connectivity index (χ0n) is 15.8. The average Bonchev–Trinajstić information content (AvgIpc) is 2.81. The van der Waals surface area contributed by atoms with E-state index in [4.69, 9.17) is 37.2 Å². The van der Waals surface area contributed by atoms with Crippen molar-refractivity contribution >= 4 is 30.9 Å². The predicted octanol–water partition coefficient (Wildman–Crippen LogP) is 2.83. The Morgan fingerprint density at radius 2 is 0.429 bits per heavy atom. The quantitative estimate of drug-likeness (QED) is 0.265. The van der Waals surface area contributed by atoms with Gasteiger partial charge in [-0.25, -0.2) is 0 Å². The van der Waals surface area contributed by atoms with E-state index in [0.717, 1.165) is 0 Å². The fourth-order valence-electron chi connectivity index (χ4n) is 0.500. The molecule has 0 aliphatic rings. The molecule has 0 unspecified atom stereocenters. The van der Waals surface area contributed by atoms with E-state index in [2.05, 4.69) is 80.9 Å². The van der Waals surface area contributed by atoms with E-state index in [1.54, 1.807) is 0 Å². The van der Waals surface area contributed by atoms with Crippen molar-refractivity contribution in [1.29, 1.82) is 0 Å². The van der Waals surface area contributed by atoms with Gasteiger partial charge in [0.05, 0.1) is 0 Å². The topological polar surface area (TPSA) is 159 Å². The van der Waals surface area contributed by atoms with E-state index < -0.39 is 0 Å². The van der Waals surface area contributed by atoms with Gasteiger partial charge in [0, 0.05) is 34.1 Å². The molecule has 0 bridgehead atoms. The van der Waals surface area contributed by atoms with Crippen LogP contribution in [0.2, 0.25) is 21.0 Å². The molecule has 0 amide bonds. The van der Waals surface area contributed by atoms with E-state index in [1.807, 2.05) is 0 Å². The summed E-state index contributed by atoms with van der Waals surface area (Å²) in [6, 6.07) is 0. The molecule has 0 aromatic heterocycles. The summed E-state index contributed by atoms with van der Waals surface area (Å²) < 4.78 is 60.0. The van der Waals surface area contributed by atoms with Crippen molar-refractivity contribution < 1.29 is 71.4 Å². The van der Waals surface area contributed by atoms with Crippen LogP contribution in [0.4, 0.5) is 0 Å². The fourth-order valence-corrected chi connectivity index (χ4v) is 2.60.